The SMILES string of the molecule is CC(C)OP(=S)(OC(C)C)SCCOP(C)(=O)O[Si](C)(C)C. The van der Waals surface area contributed by atoms with Crippen LogP contribution in [-0.4, -0.2) is 39.5 Å². The highest BCUT2D eigenvalue weighted by Crippen LogP contribution is 2.62. The molecule has 134 valence electrons. The van der Waals surface area contributed by atoms with Crippen LogP contribution in [0.1, 0.15) is 27.7 Å². The van der Waals surface area contributed by atoms with Crippen molar-refractivity contribution in [2.45, 2.75) is 59.5 Å². The molecule has 1 unspecified atom stereocenters. The van der Waals surface area contributed by atoms with Crippen molar-refractivity contribution in [2.75, 3.05) is 19.0 Å². The molecule has 0 aliphatic rings. The van der Waals surface area contributed by atoms with Gasteiger partial charge in [0.05, 0.1) is 18.8 Å². The zero-order valence-corrected chi connectivity index (χ0v) is 19.2. The monoisotopic (exact) mass is 408 g/mol. The summed E-state index contributed by atoms with van der Waals surface area (Å²) in [7, 11) is -4.90. The lowest BCUT2D eigenvalue weighted by Crippen LogP contribution is -2.24. The molecule has 10 heteroatoms. The van der Waals surface area contributed by atoms with Crippen molar-refractivity contribution in [1.82, 2.24) is 0 Å². The lowest BCUT2D eigenvalue weighted by Gasteiger charge is -2.26. The van der Waals surface area contributed by atoms with E-state index in [1.54, 1.807) is 0 Å². The molecular weight excluding hydrogens is 378 g/mol. The molecule has 0 N–H and O–H groups in total. The standard InChI is InChI=1S/C12H30O5P2S2Si/c1-11(2)15-19(20,16-12(3)4)21-10-9-14-18(5,13)17-22(6,7)8/h11-12H,9-10H2,1-8H3. The van der Waals surface area contributed by atoms with Crippen molar-refractivity contribution in [1.29, 1.82) is 0 Å². The Morgan fingerprint density at radius 1 is 1.09 bits per heavy atom. The summed E-state index contributed by atoms with van der Waals surface area (Å²) in [6.07, 6.45) is 0.0102. The Morgan fingerprint density at radius 2 is 1.55 bits per heavy atom. The lowest BCUT2D eigenvalue weighted by atomic mass is 10.5. The van der Waals surface area contributed by atoms with Gasteiger partial charge in [-0.3, -0.25) is 4.57 Å². The first-order valence-corrected chi connectivity index (χ1v) is 16.9. The molecule has 0 aromatic heterocycles. The van der Waals surface area contributed by atoms with E-state index in [1.165, 1.54) is 18.0 Å². The second-order valence-corrected chi connectivity index (χ2v) is 19.5. The average Bonchev–Trinajstić information content (AvgIpc) is 2.18. The third-order valence-corrected chi connectivity index (χ3v) is 11.5. The van der Waals surface area contributed by atoms with Gasteiger partial charge in [0.25, 0.3) is 0 Å². The van der Waals surface area contributed by atoms with Crippen LogP contribution >= 0.6 is 24.7 Å². The molecule has 0 fully saturated rings. The van der Waals surface area contributed by atoms with Crippen molar-refractivity contribution in [3.8, 4) is 0 Å². The Labute approximate surface area is 145 Å². The van der Waals surface area contributed by atoms with Gasteiger partial charge < -0.3 is 17.8 Å². The van der Waals surface area contributed by atoms with E-state index in [9.17, 15) is 4.57 Å². The highest BCUT2D eigenvalue weighted by Gasteiger charge is 2.28. The molecule has 1 atom stereocenters. The van der Waals surface area contributed by atoms with E-state index in [4.69, 9.17) is 29.6 Å². The van der Waals surface area contributed by atoms with Crippen molar-refractivity contribution < 1.29 is 22.3 Å². The van der Waals surface area contributed by atoms with Crippen LogP contribution in [0.4, 0.5) is 0 Å². The Balaban J connectivity index is 4.40. The van der Waals surface area contributed by atoms with Crippen LogP contribution in [0.5, 0.6) is 0 Å². The Hall–Kier alpha value is 1.29. The minimum atomic E-state index is -3.01. The molecule has 0 spiro atoms. The third-order valence-electron chi connectivity index (χ3n) is 1.78. The predicted octanol–water partition coefficient (Wildman–Crippen LogP) is 5.49. The lowest BCUT2D eigenvalue weighted by molar-refractivity contribution is 0.186. The van der Waals surface area contributed by atoms with Crippen molar-refractivity contribution >= 4 is 44.8 Å². The van der Waals surface area contributed by atoms with Gasteiger partial charge in [-0.25, -0.2) is 0 Å². The first-order valence-electron chi connectivity index (χ1n) is 7.29. The number of hydrogen-bond donors (Lipinski definition) is 0. The summed E-state index contributed by atoms with van der Waals surface area (Å²) in [6.45, 7) is 15.5. The molecule has 0 heterocycles. The van der Waals surface area contributed by atoms with E-state index < -0.39 is 21.6 Å². The summed E-state index contributed by atoms with van der Waals surface area (Å²) in [4.78, 5) is 0. The molecule has 0 amide bonds. The van der Waals surface area contributed by atoms with Gasteiger partial charge in [0.15, 0.2) is 8.32 Å². The topological polar surface area (TPSA) is 54.0 Å². The van der Waals surface area contributed by atoms with E-state index in [-0.39, 0.29) is 12.2 Å². The second-order valence-electron chi connectivity index (χ2n) is 6.40. The van der Waals surface area contributed by atoms with Gasteiger partial charge in [0, 0.05) is 12.4 Å². The van der Waals surface area contributed by atoms with E-state index in [0.717, 1.165) is 0 Å². The van der Waals surface area contributed by atoms with Crippen LogP contribution in [0.15, 0.2) is 0 Å². The molecule has 0 bridgehead atoms. The number of rotatable bonds is 11. The Bertz CT molecular complexity index is 412. The fraction of sp³-hybridized carbons (Fsp3) is 1.00. The van der Waals surface area contributed by atoms with E-state index >= 15 is 0 Å². The van der Waals surface area contributed by atoms with Crippen LogP contribution in [0, 0.1) is 0 Å². The average molecular weight is 409 g/mol. The van der Waals surface area contributed by atoms with Crippen LogP contribution in [0.25, 0.3) is 0 Å². The molecule has 22 heavy (non-hydrogen) atoms. The molecule has 0 aromatic carbocycles. The van der Waals surface area contributed by atoms with Gasteiger partial charge in [-0.2, -0.15) is 0 Å². The first-order chi connectivity index (χ1) is 9.75. The molecule has 0 saturated carbocycles. The fourth-order valence-electron chi connectivity index (χ4n) is 1.48. The van der Waals surface area contributed by atoms with Crippen molar-refractivity contribution in [2.24, 2.45) is 0 Å². The summed E-state index contributed by atoms with van der Waals surface area (Å²) in [5, 5.41) is 0. The summed E-state index contributed by atoms with van der Waals surface area (Å²) in [5.74, 6) is 0.559. The van der Waals surface area contributed by atoms with E-state index in [1.807, 2.05) is 47.3 Å². The fourth-order valence-corrected chi connectivity index (χ4v) is 11.8. The first kappa shape index (κ1) is 23.3. The van der Waals surface area contributed by atoms with Crippen molar-refractivity contribution in [3.05, 3.63) is 0 Å². The molecule has 0 saturated heterocycles. The Morgan fingerprint density at radius 3 is 1.91 bits per heavy atom. The van der Waals surface area contributed by atoms with Gasteiger partial charge in [0.2, 0.25) is 5.69 Å². The third kappa shape index (κ3) is 12.7. The minimum absolute atomic E-state index is 0.00509. The van der Waals surface area contributed by atoms with Crippen LogP contribution in [0.3, 0.4) is 0 Å². The van der Waals surface area contributed by atoms with Crippen LogP contribution in [0.2, 0.25) is 19.6 Å². The van der Waals surface area contributed by atoms with E-state index in [0.29, 0.717) is 12.4 Å². The summed E-state index contributed by atoms with van der Waals surface area (Å²) < 4.78 is 34.8. The molecule has 0 aliphatic carbocycles. The quantitative estimate of drug-likeness (QED) is 0.255. The van der Waals surface area contributed by atoms with Gasteiger partial charge in [-0.1, -0.05) is 11.4 Å². The van der Waals surface area contributed by atoms with E-state index in [2.05, 4.69) is 0 Å². The highest BCUT2D eigenvalue weighted by atomic mass is 32.9. The van der Waals surface area contributed by atoms with Crippen molar-refractivity contribution in [3.63, 3.8) is 0 Å². The van der Waals surface area contributed by atoms with Gasteiger partial charge in [-0.05, 0) is 59.1 Å². The summed E-state index contributed by atoms with van der Waals surface area (Å²) in [6, 6.07) is 0. The van der Waals surface area contributed by atoms with Gasteiger partial charge in [-0.15, -0.1) is 0 Å². The summed E-state index contributed by atoms with van der Waals surface area (Å²) >= 11 is 6.96. The largest absolute Gasteiger partial charge is 0.351 e. The maximum absolute atomic E-state index is 12.2. The molecule has 0 aromatic rings. The van der Waals surface area contributed by atoms with Gasteiger partial charge >= 0.3 is 7.60 Å². The van der Waals surface area contributed by atoms with Crippen LogP contribution < -0.4 is 0 Å². The minimum Gasteiger partial charge on any atom is -0.351 e. The Kier molecular flexibility index (Phi) is 10.3. The zero-order valence-electron chi connectivity index (χ0n) is 14.8. The zero-order chi connectivity index (χ0) is 17.6. The maximum atomic E-state index is 12.2. The van der Waals surface area contributed by atoms with Gasteiger partial charge in [0.1, 0.15) is 0 Å². The molecule has 0 aliphatic heterocycles. The maximum Gasteiger partial charge on any atom is 0.318 e. The normalized spacial score (nSPS) is 16.3. The highest BCUT2D eigenvalue weighted by molar-refractivity contribution is 8.67. The number of hydrogen-bond acceptors (Lipinski definition) is 7. The summed E-state index contributed by atoms with van der Waals surface area (Å²) in [5.41, 5.74) is -2.41. The van der Waals surface area contributed by atoms with Crippen LogP contribution in [-0.2, 0) is 34.2 Å². The molecule has 0 radical (unpaired) electrons. The molecular formula is C12H30O5P2S2Si. The second kappa shape index (κ2) is 9.69. The predicted molar refractivity (Wildman–Crippen MR) is 103 cm³/mol. The smallest absolute Gasteiger partial charge is 0.318 e. The molecule has 5 nitrogen and oxygen atoms in total. The molecule has 0 rings (SSSR count).